The van der Waals surface area contributed by atoms with Crippen molar-refractivity contribution >= 4 is 0 Å². The van der Waals surface area contributed by atoms with Crippen LogP contribution < -0.4 is 0 Å². The SMILES string of the molecule is CCCCCCC(C)CC(O)CCC. The minimum absolute atomic E-state index is 0.0545. The molecule has 1 N–H and O–H groups in total. The molecule has 86 valence electrons. The summed E-state index contributed by atoms with van der Waals surface area (Å²) in [6.07, 6.45) is 9.69. The van der Waals surface area contributed by atoms with Crippen LogP contribution in [0.25, 0.3) is 0 Å². The number of aliphatic hydroxyl groups excluding tert-OH is 1. The average Bonchev–Trinajstić information content (AvgIpc) is 2.13. The molecule has 0 aliphatic rings. The highest BCUT2D eigenvalue weighted by Gasteiger charge is 2.08. The van der Waals surface area contributed by atoms with Crippen LogP contribution in [0.4, 0.5) is 0 Å². The van der Waals surface area contributed by atoms with Crippen LogP contribution in [0.3, 0.4) is 0 Å². The number of hydrogen-bond donors (Lipinski definition) is 1. The highest BCUT2D eigenvalue weighted by atomic mass is 16.3. The summed E-state index contributed by atoms with van der Waals surface area (Å²) in [5, 5.41) is 9.62. The van der Waals surface area contributed by atoms with E-state index < -0.39 is 0 Å². The molecular formula is C13H28O. The molecule has 0 aliphatic carbocycles. The predicted molar refractivity (Wildman–Crippen MR) is 63.5 cm³/mol. The minimum Gasteiger partial charge on any atom is -0.393 e. The Bertz CT molecular complexity index is 112. The standard InChI is InChI=1S/C13H28O/c1-4-6-7-8-10-12(3)11-13(14)9-5-2/h12-14H,4-11H2,1-3H3. The van der Waals surface area contributed by atoms with Gasteiger partial charge < -0.3 is 5.11 Å². The Morgan fingerprint density at radius 2 is 1.64 bits per heavy atom. The third-order valence-electron chi connectivity index (χ3n) is 2.85. The van der Waals surface area contributed by atoms with Gasteiger partial charge in [0.2, 0.25) is 0 Å². The molecule has 0 amide bonds. The summed E-state index contributed by atoms with van der Waals surface area (Å²) in [6.45, 7) is 6.65. The van der Waals surface area contributed by atoms with Gasteiger partial charge in [-0.2, -0.15) is 0 Å². The van der Waals surface area contributed by atoms with Gasteiger partial charge in [0.05, 0.1) is 6.10 Å². The highest BCUT2D eigenvalue weighted by molar-refractivity contribution is 4.61. The van der Waals surface area contributed by atoms with E-state index >= 15 is 0 Å². The quantitative estimate of drug-likeness (QED) is 0.554. The first-order valence-electron chi connectivity index (χ1n) is 6.38. The number of rotatable bonds is 9. The summed E-state index contributed by atoms with van der Waals surface area (Å²) in [7, 11) is 0. The Balaban J connectivity index is 3.30. The van der Waals surface area contributed by atoms with Crippen LogP contribution in [0.1, 0.15) is 72.1 Å². The summed E-state index contributed by atoms with van der Waals surface area (Å²) in [4.78, 5) is 0. The molecule has 0 aromatic heterocycles. The lowest BCUT2D eigenvalue weighted by molar-refractivity contribution is 0.132. The van der Waals surface area contributed by atoms with Crippen molar-refractivity contribution in [2.45, 2.75) is 78.2 Å². The van der Waals surface area contributed by atoms with E-state index in [1.54, 1.807) is 0 Å². The fourth-order valence-electron chi connectivity index (χ4n) is 1.95. The first-order chi connectivity index (χ1) is 6.70. The zero-order valence-corrected chi connectivity index (χ0v) is 10.3. The molecule has 0 radical (unpaired) electrons. The van der Waals surface area contributed by atoms with Gasteiger partial charge in [-0.1, -0.05) is 59.3 Å². The van der Waals surface area contributed by atoms with Crippen molar-refractivity contribution in [3.05, 3.63) is 0 Å². The smallest absolute Gasteiger partial charge is 0.0542 e. The van der Waals surface area contributed by atoms with Gasteiger partial charge in [0, 0.05) is 0 Å². The van der Waals surface area contributed by atoms with Crippen molar-refractivity contribution in [1.82, 2.24) is 0 Å². The summed E-state index contributed by atoms with van der Waals surface area (Å²) in [5.74, 6) is 0.702. The molecule has 0 bridgehead atoms. The van der Waals surface area contributed by atoms with Crippen LogP contribution in [0.2, 0.25) is 0 Å². The molecule has 0 saturated heterocycles. The van der Waals surface area contributed by atoms with E-state index in [4.69, 9.17) is 0 Å². The van der Waals surface area contributed by atoms with Crippen molar-refractivity contribution in [3.63, 3.8) is 0 Å². The molecular weight excluding hydrogens is 172 g/mol. The van der Waals surface area contributed by atoms with Crippen molar-refractivity contribution in [2.75, 3.05) is 0 Å². The van der Waals surface area contributed by atoms with Crippen LogP contribution in [0.15, 0.2) is 0 Å². The summed E-state index contributed by atoms with van der Waals surface area (Å²) in [5.41, 5.74) is 0. The topological polar surface area (TPSA) is 20.2 Å². The maximum absolute atomic E-state index is 9.62. The van der Waals surface area contributed by atoms with Gasteiger partial charge in [0.15, 0.2) is 0 Å². The van der Waals surface area contributed by atoms with Crippen LogP contribution >= 0.6 is 0 Å². The van der Waals surface area contributed by atoms with E-state index in [0.29, 0.717) is 5.92 Å². The molecule has 0 rings (SSSR count). The Labute approximate surface area is 89.9 Å². The van der Waals surface area contributed by atoms with Crippen LogP contribution in [0, 0.1) is 5.92 Å². The van der Waals surface area contributed by atoms with E-state index in [-0.39, 0.29) is 6.10 Å². The molecule has 0 saturated carbocycles. The van der Waals surface area contributed by atoms with Crippen LogP contribution in [-0.2, 0) is 0 Å². The van der Waals surface area contributed by atoms with Crippen molar-refractivity contribution in [3.8, 4) is 0 Å². The molecule has 0 spiro atoms. The van der Waals surface area contributed by atoms with Crippen molar-refractivity contribution in [1.29, 1.82) is 0 Å². The predicted octanol–water partition coefficient (Wildman–Crippen LogP) is 4.14. The molecule has 2 unspecified atom stereocenters. The second kappa shape index (κ2) is 9.51. The first-order valence-corrected chi connectivity index (χ1v) is 6.38. The highest BCUT2D eigenvalue weighted by Crippen LogP contribution is 2.17. The maximum atomic E-state index is 9.62. The van der Waals surface area contributed by atoms with E-state index in [9.17, 15) is 5.11 Å². The number of unbranched alkanes of at least 4 members (excludes halogenated alkanes) is 3. The molecule has 0 fully saturated rings. The van der Waals surface area contributed by atoms with Crippen LogP contribution in [0.5, 0.6) is 0 Å². The zero-order valence-electron chi connectivity index (χ0n) is 10.3. The molecule has 1 heteroatoms. The van der Waals surface area contributed by atoms with Gasteiger partial charge in [-0.05, 0) is 18.8 Å². The fourth-order valence-corrected chi connectivity index (χ4v) is 1.95. The lowest BCUT2D eigenvalue weighted by Crippen LogP contribution is -2.11. The monoisotopic (exact) mass is 200 g/mol. The van der Waals surface area contributed by atoms with E-state index in [1.165, 1.54) is 32.1 Å². The summed E-state index contributed by atoms with van der Waals surface area (Å²) in [6, 6.07) is 0. The lowest BCUT2D eigenvalue weighted by atomic mass is 9.95. The molecule has 0 aliphatic heterocycles. The van der Waals surface area contributed by atoms with Gasteiger partial charge in [-0.3, -0.25) is 0 Å². The van der Waals surface area contributed by atoms with Crippen molar-refractivity contribution < 1.29 is 5.11 Å². The molecule has 0 heterocycles. The van der Waals surface area contributed by atoms with Gasteiger partial charge in [0.25, 0.3) is 0 Å². The molecule has 0 aromatic rings. The Kier molecular flexibility index (Phi) is 9.49. The lowest BCUT2D eigenvalue weighted by Gasteiger charge is -2.15. The van der Waals surface area contributed by atoms with Gasteiger partial charge in [-0.15, -0.1) is 0 Å². The third kappa shape index (κ3) is 8.55. The second-order valence-electron chi connectivity index (χ2n) is 4.63. The first kappa shape index (κ1) is 14.0. The Hall–Kier alpha value is -0.0400. The normalized spacial score (nSPS) is 15.4. The van der Waals surface area contributed by atoms with E-state index in [1.807, 2.05) is 0 Å². The summed E-state index contributed by atoms with van der Waals surface area (Å²) >= 11 is 0. The molecule has 0 aromatic carbocycles. The summed E-state index contributed by atoms with van der Waals surface area (Å²) < 4.78 is 0. The maximum Gasteiger partial charge on any atom is 0.0542 e. The molecule has 14 heavy (non-hydrogen) atoms. The second-order valence-corrected chi connectivity index (χ2v) is 4.63. The van der Waals surface area contributed by atoms with Gasteiger partial charge in [-0.25, -0.2) is 0 Å². The number of aliphatic hydroxyl groups is 1. The molecule has 2 atom stereocenters. The Morgan fingerprint density at radius 1 is 0.929 bits per heavy atom. The van der Waals surface area contributed by atoms with Gasteiger partial charge in [0.1, 0.15) is 0 Å². The zero-order chi connectivity index (χ0) is 10.8. The van der Waals surface area contributed by atoms with E-state index in [0.717, 1.165) is 19.3 Å². The average molecular weight is 200 g/mol. The fraction of sp³-hybridized carbons (Fsp3) is 1.00. The third-order valence-corrected chi connectivity index (χ3v) is 2.85. The molecule has 1 nitrogen and oxygen atoms in total. The van der Waals surface area contributed by atoms with Crippen LogP contribution in [-0.4, -0.2) is 11.2 Å². The largest absolute Gasteiger partial charge is 0.393 e. The Morgan fingerprint density at radius 3 is 2.21 bits per heavy atom. The van der Waals surface area contributed by atoms with E-state index in [2.05, 4.69) is 20.8 Å². The minimum atomic E-state index is -0.0545. The van der Waals surface area contributed by atoms with Crippen molar-refractivity contribution in [2.24, 2.45) is 5.92 Å². The van der Waals surface area contributed by atoms with Gasteiger partial charge >= 0.3 is 0 Å². The number of hydrogen-bond acceptors (Lipinski definition) is 1.